The van der Waals surface area contributed by atoms with E-state index in [1.165, 1.54) is 0 Å². The third-order valence-corrected chi connectivity index (χ3v) is 5.06. The van der Waals surface area contributed by atoms with Gasteiger partial charge in [0.1, 0.15) is 5.69 Å². The molecule has 0 aliphatic carbocycles. The van der Waals surface area contributed by atoms with E-state index in [2.05, 4.69) is 15.0 Å². The first kappa shape index (κ1) is 18.0. The van der Waals surface area contributed by atoms with Gasteiger partial charge in [-0.15, -0.1) is 0 Å². The van der Waals surface area contributed by atoms with Crippen LogP contribution in [0.4, 0.5) is 0 Å². The number of aromatic nitrogens is 3. The van der Waals surface area contributed by atoms with Crippen molar-refractivity contribution in [2.75, 3.05) is 26.2 Å². The minimum atomic E-state index is -0.0977. The lowest BCUT2D eigenvalue weighted by Crippen LogP contribution is -2.50. The smallest absolute Gasteiger partial charge is 0.272 e. The maximum absolute atomic E-state index is 12.9. The molecule has 4 rings (SSSR count). The molecule has 0 N–H and O–H groups in total. The molecule has 1 aliphatic rings. The Kier molecular flexibility index (Phi) is 4.73. The van der Waals surface area contributed by atoms with E-state index in [0.717, 1.165) is 22.4 Å². The van der Waals surface area contributed by atoms with Crippen LogP contribution in [0, 0.1) is 13.8 Å². The van der Waals surface area contributed by atoms with Gasteiger partial charge in [-0.2, -0.15) is 0 Å². The molecule has 0 bridgehead atoms. The Morgan fingerprint density at radius 3 is 2.11 bits per heavy atom. The lowest BCUT2D eigenvalue weighted by Gasteiger charge is -2.34. The number of rotatable bonds is 2. The average Bonchev–Trinajstić information content (AvgIpc) is 2.74. The predicted octanol–water partition coefficient (Wildman–Crippen LogP) is 2.24. The Bertz CT molecular complexity index is 1040. The summed E-state index contributed by atoms with van der Waals surface area (Å²) < 4.78 is 0. The maximum Gasteiger partial charge on any atom is 0.272 e. The molecule has 2 aromatic heterocycles. The molecular weight excluding hydrogens is 354 g/mol. The highest BCUT2D eigenvalue weighted by Crippen LogP contribution is 2.17. The summed E-state index contributed by atoms with van der Waals surface area (Å²) in [6.45, 7) is 5.81. The fourth-order valence-electron chi connectivity index (χ4n) is 3.31. The molecule has 7 heteroatoms. The summed E-state index contributed by atoms with van der Waals surface area (Å²) in [5.74, 6) is -0.147. The highest BCUT2D eigenvalue weighted by Gasteiger charge is 2.26. The Morgan fingerprint density at radius 1 is 0.821 bits per heavy atom. The van der Waals surface area contributed by atoms with Crippen molar-refractivity contribution in [3.63, 3.8) is 0 Å². The number of hydrogen-bond donors (Lipinski definition) is 0. The SMILES string of the molecule is Cc1nc2ccc(C(=O)N3CCN(C(=O)c4ccccn4)CC3)cc2nc1C. The van der Waals surface area contributed by atoms with E-state index in [4.69, 9.17) is 0 Å². The van der Waals surface area contributed by atoms with Gasteiger partial charge in [0, 0.05) is 37.9 Å². The molecule has 3 aromatic rings. The van der Waals surface area contributed by atoms with Crippen molar-refractivity contribution < 1.29 is 9.59 Å². The van der Waals surface area contributed by atoms with Crippen LogP contribution in [0.15, 0.2) is 42.6 Å². The quantitative estimate of drug-likeness (QED) is 0.686. The zero-order valence-corrected chi connectivity index (χ0v) is 15.9. The Morgan fingerprint density at radius 2 is 1.46 bits per heavy atom. The Balaban J connectivity index is 1.46. The zero-order valence-electron chi connectivity index (χ0n) is 15.9. The zero-order chi connectivity index (χ0) is 19.7. The lowest BCUT2D eigenvalue weighted by atomic mass is 10.1. The molecule has 0 spiro atoms. The van der Waals surface area contributed by atoms with Crippen LogP contribution in [0.3, 0.4) is 0 Å². The first-order valence-corrected chi connectivity index (χ1v) is 9.27. The summed E-state index contributed by atoms with van der Waals surface area (Å²) in [5, 5.41) is 0. The van der Waals surface area contributed by atoms with Crippen molar-refractivity contribution in [2.45, 2.75) is 13.8 Å². The fourth-order valence-corrected chi connectivity index (χ4v) is 3.31. The van der Waals surface area contributed by atoms with Crippen LogP contribution < -0.4 is 0 Å². The molecule has 2 amide bonds. The van der Waals surface area contributed by atoms with Gasteiger partial charge in [0.2, 0.25) is 0 Å². The standard InChI is InChI=1S/C21H21N5O2/c1-14-15(2)24-19-13-16(6-7-17(19)23-14)20(27)25-9-11-26(12-10-25)21(28)18-5-3-4-8-22-18/h3-8,13H,9-12H2,1-2H3. The first-order valence-electron chi connectivity index (χ1n) is 9.27. The summed E-state index contributed by atoms with van der Waals surface area (Å²) in [6, 6.07) is 10.7. The molecule has 1 fully saturated rings. The van der Waals surface area contributed by atoms with Gasteiger partial charge in [-0.3, -0.25) is 14.6 Å². The van der Waals surface area contributed by atoms with Crippen LogP contribution >= 0.6 is 0 Å². The molecule has 1 saturated heterocycles. The maximum atomic E-state index is 12.9. The van der Waals surface area contributed by atoms with Crippen molar-refractivity contribution in [3.8, 4) is 0 Å². The topological polar surface area (TPSA) is 79.3 Å². The molecule has 0 unspecified atom stereocenters. The van der Waals surface area contributed by atoms with Crippen molar-refractivity contribution in [1.29, 1.82) is 0 Å². The summed E-state index contributed by atoms with van der Waals surface area (Å²) >= 11 is 0. The third-order valence-electron chi connectivity index (χ3n) is 5.06. The number of aryl methyl sites for hydroxylation is 2. The van der Waals surface area contributed by atoms with E-state index < -0.39 is 0 Å². The number of piperazine rings is 1. The monoisotopic (exact) mass is 375 g/mol. The van der Waals surface area contributed by atoms with Crippen molar-refractivity contribution in [2.24, 2.45) is 0 Å². The first-order chi connectivity index (χ1) is 13.5. The summed E-state index contributed by atoms with van der Waals surface area (Å²) in [6.07, 6.45) is 1.61. The lowest BCUT2D eigenvalue weighted by molar-refractivity contribution is 0.0532. The fraction of sp³-hybridized carbons (Fsp3) is 0.286. The van der Waals surface area contributed by atoms with Gasteiger partial charge >= 0.3 is 0 Å². The molecule has 3 heterocycles. The largest absolute Gasteiger partial charge is 0.335 e. The van der Waals surface area contributed by atoms with Crippen molar-refractivity contribution in [3.05, 3.63) is 65.2 Å². The third kappa shape index (κ3) is 3.43. The number of carbonyl (C=O) groups excluding carboxylic acids is 2. The molecule has 1 aromatic carbocycles. The van der Waals surface area contributed by atoms with Crippen LogP contribution in [0.1, 0.15) is 32.2 Å². The summed E-state index contributed by atoms with van der Waals surface area (Å²) in [7, 11) is 0. The van der Waals surface area contributed by atoms with Crippen LogP contribution in [-0.4, -0.2) is 62.7 Å². The van der Waals surface area contributed by atoms with Crippen LogP contribution in [0.5, 0.6) is 0 Å². The second-order valence-corrected chi connectivity index (χ2v) is 6.90. The van der Waals surface area contributed by atoms with Gasteiger partial charge in [0.25, 0.3) is 11.8 Å². The second-order valence-electron chi connectivity index (χ2n) is 6.90. The van der Waals surface area contributed by atoms with Gasteiger partial charge < -0.3 is 9.80 Å². The molecule has 0 radical (unpaired) electrons. The molecule has 1 aliphatic heterocycles. The van der Waals surface area contributed by atoms with Crippen LogP contribution in [0.25, 0.3) is 11.0 Å². The number of benzene rings is 1. The van der Waals surface area contributed by atoms with Gasteiger partial charge in [0.05, 0.1) is 22.4 Å². The number of hydrogen-bond acceptors (Lipinski definition) is 5. The van der Waals surface area contributed by atoms with Gasteiger partial charge in [0.15, 0.2) is 0 Å². The van der Waals surface area contributed by atoms with Gasteiger partial charge in [-0.25, -0.2) is 9.97 Å². The molecule has 0 saturated carbocycles. The number of carbonyl (C=O) groups is 2. The van der Waals surface area contributed by atoms with Crippen molar-refractivity contribution in [1.82, 2.24) is 24.8 Å². The van der Waals surface area contributed by atoms with E-state index in [-0.39, 0.29) is 11.8 Å². The van der Waals surface area contributed by atoms with E-state index >= 15 is 0 Å². The predicted molar refractivity (Wildman–Crippen MR) is 105 cm³/mol. The second kappa shape index (κ2) is 7.34. The van der Waals surface area contributed by atoms with Gasteiger partial charge in [-0.1, -0.05) is 6.07 Å². The van der Waals surface area contributed by atoms with Crippen LogP contribution in [0.2, 0.25) is 0 Å². The molecule has 142 valence electrons. The minimum absolute atomic E-state index is 0.0492. The summed E-state index contributed by atoms with van der Waals surface area (Å²) in [5.41, 5.74) is 4.28. The van der Waals surface area contributed by atoms with E-state index in [0.29, 0.717) is 37.4 Å². The van der Waals surface area contributed by atoms with Gasteiger partial charge in [-0.05, 0) is 44.2 Å². The highest BCUT2D eigenvalue weighted by molar-refractivity contribution is 5.97. The van der Waals surface area contributed by atoms with Crippen LogP contribution in [-0.2, 0) is 0 Å². The van der Waals surface area contributed by atoms with E-state index in [1.54, 1.807) is 46.3 Å². The highest BCUT2D eigenvalue weighted by atomic mass is 16.2. The Labute approximate surface area is 163 Å². The number of nitrogens with zero attached hydrogens (tertiary/aromatic N) is 5. The van der Waals surface area contributed by atoms with Crippen molar-refractivity contribution >= 4 is 22.8 Å². The number of fused-ring (bicyclic) bond motifs is 1. The normalized spacial score (nSPS) is 14.4. The molecule has 28 heavy (non-hydrogen) atoms. The number of amides is 2. The number of pyridine rings is 1. The molecule has 0 atom stereocenters. The average molecular weight is 375 g/mol. The van der Waals surface area contributed by atoms with E-state index in [1.807, 2.05) is 19.9 Å². The summed E-state index contributed by atoms with van der Waals surface area (Å²) in [4.78, 5) is 42.1. The molecule has 7 nitrogen and oxygen atoms in total. The minimum Gasteiger partial charge on any atom is -0.335 e. The molecular formula is C21H21N5O2. The Hall–Kier alpha value is -3.35. The van der Waals surface area contributed by atoms with E-state index in [9.17, 15) is 9.59 Å².